The number of para-hydroxylation sites is 1. The SMILES string of the molecule is Cc1cc(Oc2ccccc2)ccc1-n1c(=O)nc2c(=C(O)C[C@H]3CC[C@H](CC(=O)CN(C)C)C3)sc3nccc1c32.S.S. The van der Waals surface area contributed by atoms with E-state index in [9.17, 15) is 14.7 Å². The summed E-state index contributed by atoms with van der Waals surface area (Å²) in [7, 11) is 3.82. The Kier molecular flexibility index (Phi) is 10.8. The summed E-state index contributed by atoms with van der Waals surface area (Å²) in [4.78, 5) is 37.5. The van der Waals surface area contributed by atoms with E-state index < -0.39 is 5.69 Å². The van der Waals surface area contributed by atoms with Crippen LogP contribution in [0.25, 0.3) is 32.7 Å². The summed E-state index contributed by atoms with van der Waals surface area (Å²) >= 11 is 1.37. The van der Waals surface area contributed by atoms with Gasteiger partial charge in [-0.3, -0.25) is 9.36 Å². The van der Waals surface area contributed by atoms with Gasteiger partial charge in [-0.1, -0.05) is 18.2 Å². The van der Waals surface area contributed by atoms with Gasteiger partial charge in [-0.2, -0.15) is 32.0 Å². The lowest BCUT2D eigenvalue weighted by Gasteiger charge is -2.14. The van der Waals surface area contributed by atoms with Crippen LogP contribution >= 0.6 is 38.3 Å². The Labute approximate surface area is 274 Å². The number of aryl methyl sites for hydroxylation is 1. The maximum absolute atomic E-state index is 13.6. The van der Waals surface area contributed by atoms with Crippen LogP contribution in [-0.4, -0.2) is 51.0 Å². The van der Waals surface area contributed by atoms with E-state index >= 15 is 0 Å². The predicted octanol–water partition coefficient (Wildman–Crippen LogP) is 6.03. The maximum atomic E-state index is 13.6. The number of carbonyl (C=O) groups is 1. The number of aromatic nitrogens is 3. The number of aliphatic hydroxyl groups excluding tert-OH is 1. The molecule has 5 aromatic rings. The standard InChI is InChI=1S/C33H34N4O4S.2H2S/c1-20-15-25(41-24-7-5-4-6-8-24)11-12-26(20)37-27-13-14-34-32-29(27)30(35-33(37)40)31(42-32)28(39)18-22-10-9-21(16-22)17-23(38)19-36(2)3;;/h4-8,11-15,21-22,39H,9-10,16-19H2,1-3H3;2*1H2/t21-,22-;;/m0../s1. The fourth-order valence-electron chi connectivity index (χ4n) is 6.18. The molecule has 8 nitrogen and oxygen atoms in total. The highest BCUT2D eigenvalue weighted by atomic mass is 32.1. The van der Waals surface area contributed by atoms with Crippen LogP contribution in [0.3, 0.4) is 0 Å². The Morgan fingerprint density at radius 2 is 1.77 bits per heavy atom. The molecule has 1 saturated carbocycles. The number of rotatable bonds is 9. The van der Waals surface area contributed by atoms with Crippen molar-refractivity contribution < 1.29 is 14.6 Å². The Balaban J connectivity index is 0.00000221. The van der Waals surface area contributed by atoms with Gasteiger partial charge in [0.25, 0.3) is 0 Å². The molecule has 6 rings (SSSR count). The van der Waals surface area contributed by atoms with E-state index in [1.165, 1.54) is 11.3 Å². The topological polar surface area (TPSA) is 97.6 Å². The van der Waals surface area contributed by atoms with Crippen molar-refractivity contribution in [3.05, 3.63) is 81.4 Å². The zero-order valence-electron chi connectivity index (χ0n) is 25.0. The first-order chi connectivity index (χ1) is 20.3. The van der Waals surface area contributed by atoms with Gasteiger partial charge < -0.3 is 14.7 Å². The van der Waals surface area contributed by atoms with Gasteiger partial charge in [-0.05, 0) is 94.1 Å². The quantitative estimate of drug-likeness (QED) is 0.208. The number of benzene rings is 2. The minimum Gasteiger partial charge on any atom is -0.511 e. The first kappa shape index (κ1) is 33.5. The van der Waals surface area contributed by atoms with Crippen molar-refractivity contribution in [1.29, 1.82) is 0 Å². The predicted molar refractivity (Wildman–Crippen MR) is 187 cm³/mol. The fourth-order valence-corrected chi connectivity index (χ4v) is 7.24. The van der Waals surface area contributed by atoms with E-state index in [1.54, 1.807) is 10.8 Å². The number of Topliss-reactive ketones (excluding diaryl/α,β-unsaturated/α-hetero) is 1. The van der Waals surface area contributed by atoms with E-state index in [-0.39, 0.29) is 38.5 Å². The summed E-state index contributed by atoms with van der Waals surface area (Å²) in [5, 5.41) is 12.1. The van der Waals surface area contributed by atoms with Crippen LogP contribution in [0.15, 0.2) is 65.6 Å². The third-order valence-corrected chi connectivity index (χ3v) is 9.11. The molecule has 232 valence electrons. The van der Waals surface area contributed by atoms with Gasteiger partial charge >= 0.3 is 5.69 Å². The van der Waals surface area contributed by atoms with Gasteiger partial charge in [-0.15, -0.1) is 11.3 Å². The zero-order valence-corrected chi connectivity index (χ0v) is 27.9. The number of pyridine rings is 1. The first-order valence-corrected chi connectivity index (χ1v) is 15.1. The number of hydrogen-bond donors (Lipinski definition) is 1. The van der Waals surface area contributed by atoms with Crippen LogP contribution in [0.5, 0.6) is 11.5 Å². The zero-order chi connectivity index (χ0) is 29.4. The molecular weight excluding hydrogens is 613 g/mol. The van der Waals surface area contributed by atoms with Crippen molar-refractivity contribution in [2.75, 3.05) is 20.6 Å². The molecule has 2 aromatic carbocycles. The molecule has 0 aliphatic heterocycles. The number of aliphatic hydroxyl groups is 1. The summed E-state index contributed by atoms with van der Waals surface area (Å²) < 4.78 is 8.20. The molecule has 11 heteroatoms. The van der Waals surface area contributed by atoms with E-state index in [1.807, 2.05) is 80.5 Å². The van der Waals surface area contributed by atoms with Crippen LogP contribution in [-0.2, 0) is 4.79 Å². The van der Waals surface area contributed by atoms with Crippen molar-refractivity contribution in [3.8, 4) is 17.2 Å². The van der Waals surface area contributed by atoms with Crippen LogP contribution in [0.1, 0.15) is 37.7 Å². The van der Waals surface area contributed by atoms with E-state index in [4.69, 9.17) is 4.74 Å². The number of ether oxygens (including phenoxy) is 1. The van der Waals surface area contributed by atoms with Gasteiger partial charge in [0.1, 0.15) is 33.4 Å². The summed E-state index contributed by atoms with van der Waals surface area (Å²) in [6.45, 7) is 2.41. The second-order valence-corrected chi connectivity index (χ2v) is 12.6. The highest BCUT2D eigenvalue weighted by Crippen LogP contribution is 2.37. The monoisotopic (exact) mass is 650 g/mol. The van der Waals surface area contributed by atoms with Crippen molar-refractivity contribution >= 4 is 71.1 Å². The summed E-state index contributed by atoms with van der Waals surface area (Å²) in [6, 6.07) is 17.0. The molecule has 1 aliphatic carbocycles. The third kappa shape index (κ3) is 6.96. The Morgan fingerprint density at radius 3 is 2.48 bits per heavy atom. The highest BCUT2D eigenvalue weighted by Gasteiger charge is 2.28. The van der Waals surface area contributed by atoms with Crippen molar-refractivity contribution in [2.24, 2.45) is 11.8 Å². The van der Waals surface area contributed by atoms with Crippen LogP contribution < -0.4 is 15.0 Å². The van der Waals surface area contributed by atoms with Gasteiger partial charge in [0.15, 0.2) is 0 Å². The molecular formula is C33H38N4O4S3. The number of nitrogens with zero attached hydrogens (tertiary/aromatic N) is 4. The molecule has 0 unspecified atom stereocenters. The minimum absolute atomic E-state index is 0. The lowest BCUT2D eigenvalue weighted by molar-refractivity contribution is -0.120. The number of carbonyl (C=O) groups excluding carboxylic acids is 1. The lowest BCUT2D eigenvalue weighted by atomic mass is 9.97. The Hall–Kier alpha value is -3.38. The average Bonchev–Trinajstić information content (AvgIpc) is 3.54. The van der Waals surface area contributed by atoms with Crippen molar-refractivity contribution in [1.82, 2.24) is 19.4 Å². The van der Waals surface area contributed by atoms with E-state index in [2.05, 4.69) is 9.97 Å². The van der Waals surface area contributed by atoms with Crippen LogP contribution in [0.4, 0.5) is 0 Å². The maximum Gasteiger partial charge on any atom is 0.353 e. The number of likely N-dealkylation sites (N-methyl/N-ethyl adjacent to an activating group) is 1. The fraction of sp³-hybridized carbons (Fsp3) is 0.333. The van der Waals surface area contributed by atoms with Gasteiger partial charge in [-0.25, -0.2) is 9.78 Å². The summed E-state index contributed by atoms with van der Waals surface area (Å²) in [5.74, 6) is 2.58. The van der Waals surface area contributed by atoms with Gasteiger partial charge in [0, 0.05) is 19.0 Å². The van der Waals surface area contributed by atoms with E-state index in [0.717, 1.165) is 40.8 Å². The van der Waals surface area contributed by atoms with Gasteiger partial charge in [0.2, 0.25) is 0 Å². The average molecular weight is 651 g/mol. The lowest BCUT2D eigenvalue weighted by Crippen LogP contribution is -2.24. The molecule has 0 spiro atoms. The minimum atomic E-state index is -0.414. The molecule has 0 bridgehead atoms. The van der Waals surface area contributed by atoms with Crippen molar-refractivity contribution in [3.63, 3.8) is 0 Å². The number of hydrogen-bond acceptors (Lipinski definition) is 8. The highest BCUT2D eigenvalue weighted by molar-refractivity contribution is 7.59. The molecule has 1 N–H and O–H groups in total. The molecule has 2 atom stereocenters. The second-order valence-electron chi connectivity index (χ2n) is 11.6. The Morgan fingerprint density at radius 1 is 1.05 bits per heavy atom. The Bertz CT molecular complexity index is 1890. The van der Waals surface area contributed by atoms with E-state index in [0.29, 0.717) is 58.2 Å². The molecule has 1 aliphatic rings. The molecule has 3 aromatic heterocycles. The number of ketones is 1. The van der Waals surface area contributed by atoms with Gasteiger partial charge in [0.05, 0.1) is 27.7 Å². The number of thiophene rings is 1. The van der Waals surface area contributed by atoms with Crippen LogP contribution in [0.2, 0.25) is 0 Å². The smallest absolute Gasteiger partial charge is 0.353 e. The molecule has 1 fully saturated rings. The largest absolute Gasteiger partial charge is 0.511 e. The molecule has 44 heavy (non-hydrogen) atoms. The third-order valence-electron chi connectivity index (χ3n) is 7.98. The van der Waals surface area contributed by atoms with Crippen molar-refractivity contribution in [2.45, 2.75) is 39.0 Å². The van der Waals surface area contributed by atoms with Crippen LogP contribution in [0, 0.1) is 18.8 Å². The molecule has 0 amide bonds. The summed E-state index contributed by atoms with van der Waals surface area (Å²) in [6.07, 6.45) is 5.67. The normalized spacial score (nSPS) is 17.0. The molecule has 3 heterocycles. The molecule has 0 saturated heterocycles. The summed E-state index contributed by atoms with van der Waals surface area (Å²) in [5.41, 5.74) is 2.36. The molecule has 0 radical (unpaired) electrons. The first-order valence-electron chi connectivity index (χ1n) is 14.3. The second kappa shape index (κ2) is 14.2.